The van der Waals surface area contributed by atoms with Crippen molar-refractivity contribution in [1.82, 2.24) is 15.6 Å². The van der Waals surface area contributed by atoms with E-state index in [4.69, 9.17) is 9.15 Å². The number of nitrogens with zero attached hydrogens (tertiary/aromatic N) is 2. The first kappa shape index (κ1) is 19.3. The number of hydrogen-bond acceptors (Lipinski definition) is 5. The van der Waals surface area contributed by atoms with Gasteiger partial charge in [-0.2, -0.15) is 13.2 Å². The van der Waals surface area contributed by atoms with Gasteiger partial charge in [0.2, 0.25) is 0 Å². The molecule has 0 saturated carbocycles. The molecule has 2 heterocycles. The van der Waals surface area contributed by atoms with Crippen molar-refractivity contribution in [2.45, 2.75) is 19.1 Å². The van der Waals surface area contributed by atoms with Crippen molar-refractivity contribution < 1.29 is 22.3 Å². The van der Waals surface area contributed by atoms with E-state index in [0.29, 0.717) is 37.1 Å². The third-order valence-electron chi connectivity index (χ3n) is 3.06. The molecular formula is C15H19F3N4O2S. The number of halogens is 3. The molecule has 0 bridgehead atoms. The van der Waals surface area contributed by atoms with E-state index >= 15 is 0 Å². The van der Waals surface area contributed by atoms with Crippen LogP contribution in [0.1, 0.15) is 16.5 Å². The second-order valence-corrected chi connectivity index (χ2v) is 5.91. The van der Waals surface area contributed by atoms with E-state index in [0.717, 1.165) is 22.5 Å². The molecule has 2 aromatic rings. The lowest BCUT2D eigenvalue weighted by molar-refractivity contribution is -0.140. The number of thiazole rings is 1. The zero-order valence-corrected chi connectivity index (χ0v) is 14.4. The zero-order chi connectivity index (χ0) is 18.1. The molecule has 0 saturated heterocycles. The molecule has 0 fully saturated rings. The molecule has 0 aliphatic rings. The van der Waals surface area contributed by atoms with Crippen LogP contribution in [0.3, 0.4) is 0 Å². The normalized spacial score (nSPS) is 12.4. The number of aliphatic imine (C=N–C) groups is 1. The Hall–Kier alpha value is -2.07. The van der Waals surface area contributed by atoms with Gasteiger partial charge in [-0.3, -0.25) is 0 Å². The van der Waals surface area contributed by atoms with E-state index in [1.54, 1.807) is 13.4 Å². The molecule has 0 aliphatic carbocycles. The Morgan fingerprint density at radius 1 is 1.36 bits per heavy atom. The molecule has 0 unspecified atom stereocenters. The molecule has 138 valence electrons. The predicted octanol–water partition coefficient (Wildman–Crippen LogP) is 2.68. The van der Waals surface area contributed by atoms with Crippen molar-refractivity contribution in [2.24, 2.45) is 4.99 Å². The molecule has 25 heavy (non-hydrogen) atoms. The Morgan fingerprint density at radius 2 is 2.16 bits per heavy atom. The molecule has 6 nitrogen and oxygen atoms in total. The summed E-state index contributed by atoms with van der Waals surface area (Å²) in [5.41, 5.74) is -0.887. The first-order valence-corrected chi connectivity index (χ1v) is 8.42. The van der Waals surface area contributed by atoms with Crippen LogP contribution in [0.15, 0.2) is 33.2 Å². The SMILES string of the molecule is COCCNC(=NCc1nc(C(F)(F)F)cs1)NCCc1ccco1. The lowest BCUT2D eigenvalue weighted by Crippen LogP contribution is -2.40. The summed E-state index contributed by atoms with van der Waals surface area (Å²) < 4.78 is 47.9. The van der Waals surface area contributed by atoms with Gasteiger partial charge in [-0.15, -0.1) is 11.3 Å². The quantitative estimate of drug-likeness (QED) is 0.421. The highest BCUT2D eigenvalue weighted by atomic mass is 32.1. The highest BCUT2D eigenvalue weighted by Crippen LogP contribution is 2.30. The second-order valence-electron chi connectivity index (χ2n) is 4.96. The molecule has 0 aliphatic heterocycles. The molecular weight excluding hydrogens is 357 g/mol. The molecule has 10 heteroatoms. The fourth-order valence-corrected chi connectivity index (χ4v) is 2.59. The predicted molar refractivity (Wildman–Crippen MR) is 88.5 cm³/mol. The summed E-state index contributed by atoms with van der Waals surface area (Å²) in [6, 6.07) is 3.67. The molecule has 0 radical (unpaired) electrons. The van der Waals surface area contributed by atoms with Crippen molar-refractivity contribution in [3.63, 3.8) is 0 Å². The van der Waals surface area contributed by atoms with Crippen molar-refractivity contribution >= 4 is 17.3 Å². The largest absolute Gasteiger partial charge is 0.469 e. The fourth-order valence-electron chi connectivity index (χ4n) is 1.87. The molecule has 0 spiro atoms. The summed E-state index contributed by atoms with van der Waals surface area (Å²) in [4.78, 5) is 7.83. The number of hydrogen-bond donors (Lipinski definition) is 2. The second kappa shape index (κ2) is 9.42. The highest BCUT2D eigenvalue weighted by molar-refractivity contribution is 7.09. The topological polar surface area (TPSA) is 71.7 Å². The minimum atomic E-state index is -4.43. The molecule has 2 rings (SSSR count). The van der Waals surface area contributed by atoms with E-state index < -0.39 is 11.9 Å². The average molecular weight is 376 g/mol. The number of furan rings is 1. The van der Waals surface area contributed by atoms with Gasteiger partial charge < -0.3 is 19.8 Å². The van der Waals surface area contributed by atoms with Crippen molar-refractivity contribution in [2.75, 3.05) is 26.8 Å². The Kier molecular flexibility index (Phi) is 7.26. The van der Waals surface area contributed by atoms with Crippen LogP contribution in [0.2, 0.25) is 0 Å². The number of ether oxygens (including phenoxy) is 1. The monoisotopic (exact) mass is 376 g/mol. The lowest BCUT2D eigenvalue weighted by Gasteiger charge is -2.11. The van der Waals surface area contributed by atoms with Crippen LogP contribution in [-0.4, -0.2) is 37.7 Å². The van der Waals surface area contributed by atoms with Crippen molar-refractivity contribution in [1.29, 1.82) is 0 Å². The lowest BCUT2D eigenvalue weighted by atomic mass is 10.3. The van der Waals surface area contributed by atoms with Crippen LogP contribution >= 0.6 is 11.3 Å². The Morgan fingerprint density at radius 3 is 2.80 bits per heavy atom. The van der Waals surface area contributed by atoms with Crippen LogP contribution in [0.4, 0.5) is 13.2 Å². The molecule has 0 atom stereocenters. The smallest absolute Gasteiger partial charge is 0.434 e. The summed E-state index contributed by atoms with van der Waals surface area (Å²) in [5.74, 6) is 1.31. The van der Waals surface area contributed by atoms with Gasteiger partial charge in [0.05, 0.1) is 19.4 Å². The van der Waals surface area contributed by atoms with E-state index in [-0.39, 0.29) is 6.54 Å². The number of alkyl halides is 3. The van der Waals surface area contributed by atoms with Gasteiger partial charge in [0, 0.05) is 32.0 Å². The number of methoxy groups -OCH3 is 1. The van der Waals surface area contributed by atoms with Crippen LogP contribution in [-0.2, 0) is 23.9 Å². The first-order valence-electron chi connectivity index (χ1n) is 7.54. The van der Waals surface area contributed by atoms with E-state index in [1.165, 1.54) is 0 Å². The number of rotatable bonds is 8. The van der Waals surface area contributed by atoms with Crippen LogP contribution in [0.5, 0.6) is 0 Å². The summed E-state index contributed by atoms with van der Waals surface area (Å²) in [5, 5.41) is 7.44. The number of guanidine groups is 1. The number of nitrogens with one attached hydrogen (secondary N) is 2. The zero-order valence-electron chi connectivity index (χ0n) is 13.6. The fraction of sp³-hybridized carbons (Fsp3) is 0.467. The Balaban J connectivity index is 1.90. The van der Waals surface area contributed by atoms with Crippen LogP contribution in [0.25, 0.3) is 0 Å². The van der Waals surface area contributed by atoms with Gasteiger partial charge in [-0.25, -0.2) is 9.98 Å². The summed E-state index contributed by atoms with van der Waals surface area (Å²) in [6.45, 7) is 1.63. The van der Waals surface area contributed by atoms with Gasteiger partial charge >= 0.3 is 6.18 Å². The molecule has 0 aromatic carbocycles. The van der Waals surface area contributed by atoms with Gasteiger partial charge in [-0.05, 0) is 12.1 Å². The third kappa shape index (κ3) is 6.75. The maximum absolute atomic E-state index is 12.6. The highest BCUT2D eigenvalue weighted by Gasteiger charge is 2.33. The minimum Gasteiger partial charge on any atom is -0.469 e. The molecule has 2 aromatic heterocycles. The van der Waals surface area contributed by atoms with Crippen molar-refractivity contribution in [3.05, 3.63) is 40.2 Å². The van der Waals surface area contributed by atoms with Crippen LogP contribution in [0, 0.1) is 0 Å². The maximum atomic E-state index is 12.6. The van der Waals surface area contributed by atoms with Gasteiger partial charge in [0.1, 0.15) is 10.8 Å². The third-order valence-corrected chi connectivity index (χ3v) is 3.89. The number of aromatic nitrogens is 1. The van der Waals surface area contributed by atoms with E-state index in [1.807, 2.05) is 12.1 Å². The standard InChI is InChI=1S/C15H19F3N4O2S/c1-23-8-6-20-14(19-5-4-11-3-2-7-24-11)21-9-13-22-12(10-25-13)15(16,17)18/h2-3,7,10H,4-6,8-9H2,1H3,(H2,19,20,21). The van der Waals surface area contributed by atoms with E-state index in [9.17, 15) is 13.2 Å². The molecule has 2 N–H and O–H groups in total. The average Bonchev–Trinajstić information content (AvgIpc) is 3.23. The van der Waals surface area contributed by atoms with E-state index in [2.05, 4.69) is 20.6 Å². The summed E-state index contributed by atoms with van der Waals surface area (Å²) in [6.07, 6.45) is -2.17. The minimum absolute atomic E-state index is 0.0593. The Labute approximate surface area is 147 Å². The van der Waals surface area contributed by atoms with Gasteiger partial charge in [0.15, 0.2) is 11.7 Å². The van der Waals surface area contributed by atoms with Crippen LogP contribution < -0.4 is 10.6 Å². The van der Waals surface area contributed by atoms with Gasteiger partial charge in [0.25, 0.3) is 0 Å². The Bertz CT molecular complexity index is 656. The van der Waals surface area contributed by atoms with Gasteiger partial charge in [-0.1, -0.05) is 0 Å². The maximum Gasteiger partial charge on any atom is 0.434 e. The summed E-state index contributed by atoms with van der Waals surface area (Å²) >= 11 is 0.935. The first-order chi connectivity index (χ1) is 12.0. The molecule has 0 amide bonds. The van der Waals surface area contributed by atoms with Crippen molar-refractivity contribution in [3.8, 4) is 0 Å². The summed E-state index contributed by atoms with van der Waals surface area (Å²) in [7, 11) is 1.58.